The second-order valence-electron chi connectivity index (χ2n) is 5.26. The Morgan fingerprint density at radius 2 is 2.18 bits per heavy atom. The minimum atomic E-state index is -0.986. The molecule has 1 fully saturated rings. The molecule has 8 nitrogen and oxygen atoms in total. The highest BCUT2D eigenvalue weighted by Crippen LogP contribution is 2.06. The van der Waals surface area contributed by atoms with Crippen LogP contribution in [0, 0.1) is 0 Å². The van der Waals surface area contributed by atoms with Crippen molar-refractivity contribution in [3.8, 4) is 0 Å². The Morgan fingerprint density at radius 3 is 2.86 bits per heavy atom. The number of carboxylic acid groups (broad SMARTS) is 1. The zero-order valence-corrected chi connectivity index (χ0v) is 12.7. The first-order valence-electron chi connectivity index (χ1n) is 7.44. The number of nitrogens with one attached hydrogen (secondary N) is 1. The van der Waals surface area contributed by atoms with Crippen LogP contribution >= 0.6 is 0 Å². The van der Waals surface area contributed by atoms with Crippen LogP contribution in [0.15, 0.2) is 12.3 Å². The first-order chi connectivity index (χ1) is 10.6. The fraction of sp³-hybridized carbons (Fsp3) is 0.643. The number of aliphatic carboxylic acids is 1. The molecular formula is C14H22N4O4. The molecule has 0 aromatic carbocycles. The standard InChI is InChI=1S/C14H22N4O4/c1-11(14(20)21)18-6-3-12(16-18)13(19)15-4-2-5-17-7-9-22-10-8-17/h3,6,11H,2,4-5,7-10H2,1H3,(H,15,19)(H,20,21). The van der Waals surface area contributed by atoms with Crippen LogP contribution in [-0.4, -0.2) is 71.1 Å². The third-order valence-electron chi connectivity index (χ3n) is 3.64. The van der Waals surface area contributed by atoms with Gasteiger partial charge in [-0.3, -0.25) is 14.4 Å². The van der Waals surface area contributed by atoms with Gasteiger partial charge in [-0.25, -0.2) is 4.79 Å². The minimum Gasteiger partial charge on any atom is -0.480 e. The van der Waals surface area contributed by atoms with Crippen molar-refractivity contribution in [2.45, 2.75) is 19.4 Å². The van der Waals surface area contributed by atoms with Gasteiger partial charge in [0.15, 0.2) is 0 Å². The summed E-state index contributed by atoms with van der Waals surface area (Å²) >= 11 is 0. The van der Waals surface area contributed by atoms with Crippen LogP contribution in [0.1, 0.15) is 29.9 Å². The van der Waals surface area contributed by atoms with E-state index < -0.39 is 12.0 Å². The van der Waals surface area contributed by atoms with Crippen molar-refractivity contribution in [1.82, 2.24) is 20.0 Å². The van der Waals surface area contributed by atoms with E-state index in [-0.39, 0.29) is 11.6 Å². The molecule has 1 atom stereocenters. The predicted molar refractivity (Wildman–Crippen MR) is 78.8 cm³/mol. The summed E-state index contributed by atoms with van der Waals surface area (Å²) in [5.41, 5.74) is 0.236. The van der Waals surface area contributed by atoms with Gasteiger partial charge >= 0.3 is 5.97 Å². The van der Waals surface area contributed by atoms with E-state index in [4.69, 9.17) is 9.84 Å². The van der Waals surface area contributed by atoms with Crippen molar-refractivity contribution in [3.05, 3.63) is 18.0 Å². The molecule has 0 bridgehead atoms. The summed E-state index contributed by atoms with van der Waals surface area (Å²) in [5.74, 6) is -1.26. The maximum Gasteiger partial charge on any atom is 0.328 e. The first-order valence-corrected chi connectivity index (χ1v) is 7.44. The lowest BCUT2D eigenvalue weighted by Gasteiger charge is -2.26. The topological polar surface area (TPSA) is 96.7 Å². The van der Waals surface area contributed by atoms with Crippen molar-refractivity contribution >= 4 is 11.9 Å². The van der Waals surface area contributed by atoms with Gasteiger partial charge in [0.1, 0.15) is 11.7 Å². The lowest BCUT2D eigenvalue weighted by molar-refractivity contribution is -0.140. The summed E-state index contributed by atoms with van der Waals surface area (Å²) in [6.07, 6.45) is 2.36. The molecule has 2 heterocycles. The van der Waals surface area contributed by atoms with E-state index in [1.807, 2.05) is 0 Å². The van der Waals surface area contributed by atoms with Gasteiger partial charge in [-0.05, 0) is 26.0 Å². The van der Waals surface area contributed by atoms with Gasteiger partial charge in [-0.2, -0.15) is 5.10 Å². The molecule has 1 saturated heterocycles. The van der Waals surface area contributed by atoms with Gasteiger partial charge in [-0.1, -0.05) is 0 Å². The number of morpholine rings is 1. The van der Waals surface area contributed by atoms with E-state index in [0.717, 1.165) is 39.3 Å². The smallest absolute Gasteiger partial charge is 0.328 e. The van der Waals surface area contributed by atoms with E-state index in [0.29, 0.717) is 6.54 Å². The van der Waals surface area contributed by atoms with Crippen molar-refractivity contribution in [2.24, 2.45) is 0 Å². The minimum absolute atomic E-state index is 0.236. The average molecular weight is 310 g/mol. The lowest BCUT2D eigenvalue weighted by Crippen LogP contribution is -2.38. The van der Waals surface area contributed by atoms with Gasteiger partial charge in [0.25, 0.3) is 5.91 Å². The van der Waals surface area contributed by atoms with E-state index in [2.05, 4.69) is 15.3 Å². The van der Waals surface area contributed by atoms with Crippen LogP contribution in [0.2, 0.25) is 0 Å². The van der Waals surface area contributed by atoms with Crippen LogP contribution in [-0.2, 0) is 9.53 Å². The summed E-state index contributed by atoms with van der Waals surface area (Å²) < 4.78 is 6.55. The molecule has 1 amide bonds. The number of carbonyl (C=O) groups excluding carboxylic acids is 1. The van der Waals surface area contributed by atoms with Crippen molar-refractivity contribution in [3.63, 3.8) is 0 Å². The average Bonchev–Trinajstić information content (AvgIpc) is 3.01. The van der Waals surface area contributed by atoms with Gasteiger partial charge in [0, 0.05) is 25.8 Å². The Kier molecular flexibility index (Phi) is 5.91. The van der Waals surface area contributed by atoms with Gasteiger partial charge < -0.3 is 15.2 Å². The maximum absolute atomic E-state index is 11.9. The predicted octanol–water partition coefficient (Wildman–Crippen LogP) is -0.0192. The number of ether oxygens (including phenoxy) is 1. The molecule has 122 valence electrons. The number of carbonyl (C=O) groups is 2. The van der Waals surface area contributed by atoms with Crippen molar-refractivity contribution < 1.29 is 19.4 Å². The van der Waals surface area contributed by atoms with E-state index in [9.17, 15) is 9.59 Å². The second-order valence-corrected chi connectivity index (χ2v) is 5.26. The molecule has 0 aliphatic carbocycles. The molecule has 1 aliphatic heterocycles. The summed E-state index contributed by atoms with van der Waals surface area (Å²) in [6.45, 7) is 6.42. The molecule has 0 spiro atoms. The molecule has 1 aromatic heterocycles. The Balaban J connectivity index is 1.71. The van der Waals surface area contributed by atoms with Gasteiger partial charge in [-0.15, -0.1) is 0 Å². The summed E-state index contributed by atoms with van der Waals surface area (Å²) in [6, 6.07) is 0.736. The highest BCUT2D eigenvalue weighted by molar-refractivity contribution is 5.92. The molecule has 2 rings (SSSR count). The number of carboxylic acids is 1. The molecule has 2 N–H and O–H groups in total. The van der Waals surface area contributed by atoms with Gasteiger partial charge in [0.2, 0.25) is 0 Å². The highest BCUT2D eigenvalue weighted by Gasteiger charge is 2.16. The molecule has 8 heteroatoms. The Hall–Kier alpha value is -1.93. The summed E-state index contributed by atoms with van der Waals surface area (Å²) in [5, 5.41) is 15.7. The Morgan fingerprint density at radius 1 is 1.45 bits per heavy atom. The van der Waals surface area contributed by atoms with Gasteiger partial charge in [0.05, 0.1) is 13.2 Å². The van der Waals surface area contributed by atoms with E-state index in [1.54, 1.807) is 0 Å². The number of hydrogen-bond donors (Lipinski definition) is 2. The zero-order valence-electron chi connectivity index (χ0n) is 12.7. The van der Waals surface area contributed by atoms with Crippen LogP contribution in [0.3, 0.4) is 0 Å². The van der Waals surface area contributed by atoms with Crippen LogP contribution in [0.4, 0.5) is 0 Å². The third-order valence-corrected chi connectivity index (χ3v) is 3.64. The number of nitrogens with zero attached hydrogens (tertiary/aromatic N) is 3. The third kappa shape index (κ3) is 4.54. The van der Waals surface area contributed by atoms with Crippen LogP contribution < -0.4 is 5.32 Å². The molecule has 0 radical (unpaired) electrons. The molecule has 1 aliphatic rings. The molecule has 0 saturated carbocycles. The van der Waals surface area contributed by atoms with E-state index in [1.165, 1.54) is 23.9 Å². The Bertz CT molecular complexity index is 511. The molecule has 1 unspecified atom stereocenters. The SMILES string of the molecule is CC(C(=O)O)n1ccc(C(=O)NCCCN2CCOCC2)n1. The highest BCUT2D eigenvalue weighted by atomic mass is 16.5. The fourth-order valence-corrected chi connectivity index (χ4v) is 2.21. The normalized spacial score (nSPS) is 17.1. The lowest BCUT2D eigenvalue weighted by atomic mass is 10.3. The summed E-state index contributed by atoms with van der Waals surface area (Å²) in [7, 11) is 0. The number of hydrogen-bond acceptors (Lipinski definition) is 5. The number of aromatic nitrogens is 2. The Labute approximate surface area is 129 Å². The zero-order chi connectivity index (χ0) is 15.9. The molecule has 22 heavy (non-hydrogen) atoms. The van der Waals surface area contributed by atoms with E-state index >= 15 is 0 Å². The quantitative estimate of drug-likeness (QED) is 0.687. The molecule has 1 aromatic rings. The maximum atomic E-state index is 11.9. The fourth-order valence-electron chi connectivity index (χ4n) is 2.21. The van der Waals surface area contributed by atoms with Crippen LogP contribution in [0.25, 0.3) is 0 Å². The largest absolute Gasteiger partial charge is 0.480 e. The second kappa shape index (κ2) is 7.90. The number of amides is 1. The summed E-state index contributed by atoms with van der Waals surface area (Å²) in [4.78, 5) is 25.1. The monoisotopic (exact) mass is 310 g/mol. The van der Waals surface area contributed by atoms with Crippen molar-refractivity contribution in [1.29, 1.82) is 0 Å². The number of rotatable bonds is 7. The first kappa shape index (κ1) is 16.4. The van der Waals surface area contributed by atoms with Crippen molar-refractivity contribution in [2.75, 3.05) is 39.4 Å². The van der Waals surface area contributed by atoms with Crippen LogP contribution in [0.5, 0.6) is 0 Å². The molecular weight excluding hydrogens is 288 g/mol.